The van der Waals surface area contributed by atoms with Gasteiger partial charge in [-0.3, -0.25) is 0 Å². The molecule has 0 saturated carbocycles. The van der Waals surface area contributed by atoms with E-state index in [1.165, 1.54) is 0 Å². The summed E-state index contributed by atoms with van der Waals surface area (Å²) >= 11 is 0. The first-order chi connectivity index (χ1) is 27.2. The fourth-order valence-corrected chi connectivity index (χ4v) is 6.99. The van der Waals surface area contributed by atoms with Crippen LogP contribution in [-0.4, -0.2) is 24.9 Å². The molecule has 0 aliphatic heterocycles. The van der Waals surface area contributed by atoms with Gasteiger partial charge in [-0.25, -0.2) is 24.9 Å². The Bertz CT molecular complexity index is 2830. The van der Waals surface area contributed by atoms with Crippen LogP contribution in [0.2, 0.25) is 0 Å². The number of rotatable bonds is 7. The molecule has 10 aromatic rings. The molecule has 6 nitrogen and oxygen atoms in total. The number of hydrogen-bond donors (Lipinski definition) is 0. The summed E-state index contributed by atoms with van der Waals surface area (Å²) in [5.41, 5.74) is 11.1. The molecule has 3 aromatic heterocycles. The van der Waals surface area contributed by atoms with Crippen molar-refractivity contribution in [2.75, 3.05) is 0 Å². The summed E-state index contributed by atoms with van der Waals surface area (Å²) in [7, 11) is 0. The van der Waals surface area contributed by atoms with E-state index in [1.807, 2.05) is 97.1 Å². The number of benzene rings is 7. The summed E-state index contributed by atoms with van der Waals surface area (Å²) in [5.74, 6) is 2.52. The van der Waals surface area contributed by atoms with Crippen LogP contribution in [0, 0.1) is 0 Å². The predicted octanol–water partition coefficient (Wildman–Crippen LogP) is 12.2. The van der Waals surface area contributed by atoms with Crippen molar-refractivity contribution in [3.63, 3.8) is 0 Å². The van der Waals surface area contributed by atoms with Gasteiger partial charge in [-0.05, 0) is 23.8 Å². The molecule has 55 heavy (non-hydrogen) atoms. The van der Waals surface area contributed by atoms with E-state index < -0.39 is 0 Å². The molecule has 0 aliphatic rings. The van der Waals surface area contributed by atoms with Gasteiger partial charge in [-0.2, -0.15) is 0 Å². The standard InChI is InChI=1S/C49H31N5O/c1-5-14-33(15-6-1)42-31-43(34-16-7-2-8-17-34)51-49(50-42)38-28-29-40-41-23-13-22-39(45(41)55-44(40)30-38)32-24-26-37(27-25-32)48-53-46(35-18-9-3-10-19-35)52-47(54-48)36-20-11-4-12-21-36/h1-31H. The summed E-state index contributed by atoms with van der Waals surface area (Å²) in [6.45, 7) is 0. The van der Waals surface area contributed by atoms with Crippen molar-refractivity contribution in [3.05, 3.63) is 188 Å². The van der Waals surface area contributed by atoms with Crippen LogP contribution in [0.1, 0.15) is 0 Å². The van der Waals surface area contributed by atoms with Crippen LogP contribution in [-0.2, 0) is 0 Å². The number of nitrogens with zero attached hydrogens (tertiary/aromatic N) is 5. The Morgan fingerprint density at radius 2 is 0.727 bits per heavy atom. The Morgan fingerprint density at radius 1 is 0.291 bits per heavy atom. The van der Waals surface area contributed by atoms with E-state index in [2.05, 4.69) is 91.0 Å². The molecule has 0 fully saturated rings. The SMILES string of the molecule is c1ccc(-c2cc(-c3ccccc3)nc(-c3ccc4c(c3)oc3c(-c5ccc(-c6nc(-c7ccccc7)nc(-c7ccccc7)n6)cc5)cccc34)n2)cc1. The topological polar surface area (TPSA) is 77.6 Å². The third-order valence-electron chi connectivity index (χ3n) is 9.78. The Balaban J connectivity index is 1.03. The molecule has 0 unspecified atom stereocenters. The molecule has 0 spiro atoms. The van der Waals surface area contributed by atoms with Crippen molar-refractivity contribution in [2.24, 2.45) is 0 Å². The van der Waals surface area contributed by atoms with E-state index in [1.54, 1.807) is 0 Å². The minimum absolute atomic E-state index is 0.614. The Hall–Kier alpha value is -7.57. The maximum atomic E-state index is 6.69. The number of hydrogen-bond acceptors (Lipinski definition) is 6. The van der Waals surface area contributed by atoms with Gasteiger partial charge in [-0.1, -0.05) is 170 Å². The second-order valence-electron chi connectivity index (χ2n) is 13.3. The van der Waals surface area contributed by atoms with Gasteiger partial charge < -0.3 is 4.42 Å². The van der Waals surface area contributed by atoms with Gasteiger partial charge in [0.05, 0.1) is 11.4 Å². The van der Waals surface area contributed by atoms with Gasteiger partial charge >= 0.3 is 0 Å². The fourth-order valence-electron chi connectivity index (χ4n) is 6.99. The van der Waals surface area contributed by atoms with Crippen molar-refractivity contribution in [3.8, 4) is 79.2 Å². The van der Waals surface area contributed by atoms with Crippen LogP contribution >= 0.6 is 0 Å². The first-order valence-corrected chi connectivity index (χ1v) is 18.2. The molecule has 3 heterocycles. The van der Waals surface area contributed by atoms with Gasteiger partial charge in [0.25, 0.3) is 0 Å². The predicted molar refractivity (Wildman–Crippen MR) is 221 cm³/mol. The van der Waals surface area contributed by atoms with Crippen molar-refractivity contribution < 1.29 is 4.42 Å². The van der Waals surface area contributed by atoms with E-state index in [0.29, 0.717) is 23.3 Å². The molecular formula is C49H31N5O. The van der Waals surface area contributed by atoms with Gasteiger partial charge in [-0.15, -0.1) is 0 Å². The molecule has 0 saturated heterocycles. The van der Waals surface area contributed by atoms with E-state index in [0.717, 1.165) is 77.8 Å². The van der Waals surface area contributed by atoms with Crippen molar-refractivity contribution in [2.45, 2.75) is 0 Å². The van der Waals surface area contributed by atoms with Crippen molar-refractivity contribution >= 4 is 21.9 Å². The molecule has 258 valence electrons. The normalized spacial score (nSPS) is 11.3. The third kappa shape index (κ3) is 6.22. The van der Waals surface area contributed by atoms with Crippen LogP contribution in [0.5, 0.6) is 0 Å². The molecule has 10 rings (SSSR count). The second-order valence-corrected chi connectivity index (χ2v) is 13.3. The Morgan fingerprint density at radius 3 is 1.25 bits per heavy atom. The first-order valence-electron chi connectivity index (χ1n) is 18.2. The van der Waals surface area contributed by atoms with Crippen LogP contribution in [0.15, 0.2) is 192 Å². The first kappa shape index (κ1) is 32.1. The lowest BCUT2D eigenvalue weighted by molar-refractivity contribution is 0.670. The monoisotopic (exact) mass is 705 g/mol. The summed E-state index contributed by atoms with van der Waals surface area (Å²) < 4.78 is 6.69. The number of fused-ring (bicyclic) bond motifs is 3. The highest BCUT2D eigenvalue weighted by Crippen LogP contribution is 2.38. The zero-order chi connectivity index (χ0) is 36.6. The number of aromatic nitrogens is 5. The number of para-hydroxylation sites is 1. The quantitative estimate of drug-likeness (QED) is 0.164. The maximum absolute atomic E-state index is 6.69. The zero-order valence-corrected chi connectivity index (χ0v) is 29.5. The summed E-state index contributed by atoms with van der Waals surface area (Å²) in [4.78, 5) is 24.7. The fraction of sp³-hybridized carbons (Fsp3) is 0. The molecular weight excluding hydrogens is 675 g/mol. The van der Waals surface area contributed by atoms with Crippen LogP contribution in [0.4, 0.5) is 0 Å². The average Bonchev–Trinajstić information content (AvgIpc) is 3.66. The lowest BCUT2D eigenvalue weighted by atomic mass is 10.0. The molecule has 0 amide bonds. The molecule has 0 bridgehead atoms. The highest BCUT2D eigenvalue weighted by molar-refractivity contribution is 6.10. The lowest BCUT2D eigenvalue weighted by Gasteiger charge is -2.09. The highest BCUT2D eigenvalue weighted by atomic mass is 16.3. The minimum Gasteiger partial charge on any atom is -0.455 e. The summed E-state index contributed by atoms with van der Waals surface area (Å²) in [6, 6.07) is 63.4. The van der Waals surface area contributed by atoms with E-state index in [-0.39, 0.29) is 0 Å². The Kier molecular flexibility index (Phi) is 8.04. The molecule has 6 heteroatoms. The van der Waals surface area contributed by atoms with Crippen LogP contribution < -0.4 is 0 Å². The Labute approximate surface area is 317 Å². The number of furan rings is 1. The van der Waals surface area contributed by atoms with E-state index in [9.17, 15) is 0 Å². The smallest absolute Gasteiger partial charge is 0.164 e. The summed E-state index contributed by atoms with van der Waals surface area (Å²) in [6.07, 6.45) is 0. The molecule has 7 aromatic carbocycles. The van der Waals surface area contributed by atoms with Crippen molar-refractivity contribution in [1.29, 1.82) is 0 Å². The molecule has 0 atom stereocenters. The zero-order valence-electron chi connectivity index (χ0n) is 29.5. The van der Waals surface area contributed by atoms with Crippen LogP contribution in [0.3, 0.4) is 0 Å². The summed E-state index contributed by atoms with van der Waals surface area (Å²) in [5, 5.41) is 2.08. The van der Waals surface area contributed by atoms with Crippen LogP contribution in [0.25, 0.3) is 101 Å². The molecule has 0 N–H and O–H groups in total. The average molecular weight is 706 g/mol. The lowest BCUT2D eigenvalue weighted by Crippen LogP contribution is -2.00. The third-order valence-corrected chi connectivity index (χ3v) is 9.78. The second kappa shape index (κ2) is 13.8. The minimum atomic E-state index is 0.614. The van der Waals surface area contributed by atoms with Gasteiger partial charge in [0.2, 0.25) is 0 Å². The van der Waals surface area contributed by atoms with Gasteiger partial charge in [0, 0.05) is 49.7 Å². The molecule has 0 radical (unpaired) electrons. The molecule has 0 aliphatic carbocycles. The maximum Gasteiger partial charge on any atom is 0.164 e. The van der Waals surface area contributed by atoms with Gasteiger partial charge in [0.1, 0.15) is 11.2 Å². The van der Waals surface area contributed by atoms with Gasteiger partial charge in [0.15, 0.2) is 23.3 Å². The van der Waals surface area contributed by atoms with Crippen molar-refractivity contribution in [1.82, 2.24) is 24.9 Å². The highest BCUT2D eigenvalue weighted by Gasteiger charge is 2.17. The largest absolute Gasteiger partial charge is 0.455 e. The van der Waals surface area contributed by atoms with E-state index >= 15 is 0 Å². The van der Waals surface area contributed by atoms with E-state index in [4.69, 9.17) is 29.3 Å².